The Morgan fingerprint density at radius 2 is 2.03 bits per heavy atom. The summed E-state index contributed by atoms with van der Waals surface area (Å²) in [7, 11) is 1.86. The lowest BCUT2D eigenvalue weighted by Gasteiger charge is -2.30. The molecule has 1 amide bonds. The van der Waals surface area contributed by atoms with Crippen molar-refractivity contribution in [3.05, 3.63) is 40.7 Å². The first-order valence-electron chi connectivity index (χ1n) is 10.4. The predicted octanol–water partition coefficient (Wildman–Crippen LogP) is 3.37. The van der Waals surface area contributed by atoms with Crippen molar-refractivity contribution >= 4 is 17.4 Å². The van der Waals surface area contributed by atoms with Crippen molar-refractivity contribution in [1.82, 2.24) is 9.78 Å². The Morgan fingerprint density at radius 3 is 2.62 bits per heavy atom. The number of ether oxygens (including phenoxy) is 1. The molecule has 2 aliphatic rings. The lowest BCUT2D eigenvalue weighted by Crippen LogP contribution is -2.32. The highest BCUT2D eigenvalue weighted by Gasteiger charge is 2.45. The van der Waals surface area contributed by atoms with E-state index in [0.29, 0.717) is 18.9 Å². The quantitative estimate of drug-likeness (QED) is 0.772. The molecule has 1 aromatic heterocycles. The van der Waals surface area contributed by atoms with Crippen LogP contribution in [0.15, 0.2) is 18.2 Å². The van der Waals surface area contributed by atoms with Gasteiger partial charge in [0, 0.05) is 25.8 Å². The lowest BCUT2D eigenvalue weighted by atomic mass is 9.75. The number of fused-ring (bicyclic) bond motifs is 1. The fraction of sp³-hybridized carbons (Fsp3) is 0.500. The number of alkyl halides is 3. The molecule has 172 valence electrons. The summed E-state index contributed by atoms with van der Waals surface area (Å²) in [5.41, 5.74) is 4.32. The number of likely N-dealkylation sites (N-methyl/N-ethyl adjacent to an activating group) is 1. The van der Waals surface area contributed by atoms with Gasteiger partial charge in [0.25, 0.3) is 5.91 Å². The zero-order valence-corrected chi connectivity index (χ0v) is 18.1. The van der Waals surface area contributed by atoms with Gasteiger partial charge in [0.2, 0.25) is 0 Å². The molecule has 0 bridgehead atoms. The first kappa shape index (κ1) is 22.3. The Bertz CT molecular complexity index is 1080. The molecule has 2 N–H and O–H groups in total. The molecule has 1 fully saturated rings. The van der Waals surface area contributed by atoms with Crippen LogP contribution in [0.25, 0.3) is 5.69 Å². The number of rotatable bonds is 4. The molecule has 0 spiro atoms. The zero-order chi connectivity index (χ0) is 23.4. The van der Waals surface area contributed by atoms with E-state index in [2.05, 4.69) is 5.10 Å². The van der Waals surface area contributed by atoms with Gasteiger partial charge >= 0.3 is 6.18 Å². The van der Waals surface area contributed by atoms with Crippen molar-refractivity contribution in [1.29, 1.82) is 0 Å². The molecule has 0 radical (unpaired) electrons. The van der Waals surface area contributed by atoms with Crippen LogP contribution in [-0.2, 0) is 17.3 Å². The smallest absolute Gasteiger partial charge is 0.379 e. The number of carbonyl (C=O) groups is 2. The molecule has 0 unspecified atom stereocenters. The summed E-state index contributed by atoms with van der Waals surface area (Å²) >= 11 is 0. The fourth-order valence-corrected chi connectivity index (χ4v) is 4.51. The molecule has 1 aromatic carbocycles. The maximum Gasteiger partial charge on any atom is 0.435 e. The summed E-state index contributed by atoms with van der Waals surface area (Å²) in [6.45, 7) is 4.79. The van der Waals surface area contributed by atoms with Crippen LogP contribution in [0.3, 0.4) is 0 Å². The third-order valence-corrected chi connectivity index (χ3v) is 6.15. The number of benzene rings is 1. The maximum absolute atomic E-state index is 13.8. The van der Waals surface area contributed by atoms with E-state index < -0.39 is 34.5 Å². The normalized spacial score (nSPS) is 20.3. The van der Waals surface area contributed by atoms with Gasteiger partial charge in [-0.3, -0.25) is 9.59 Å². The minimum Gasteiger partial charge on any atom is -0.379 e. The molecule has 1 aliphatic carbocycles. The van der Waals surface area contributed by atoms with Gasteiger partial charge < -0.3 is 15.4 Å². The van der Waals surface area contributed by atoms with Crippen LogP contribution >= 0.6 is 0 Å². The van der Waals surface area contributed by atoms with E-state index in [1.165, 1.54) is 6.07 Å². The van der Waals surface area contributed by atoms with Gasteiger partial charge in [0.1, 0.15) is 0 Å². The third-order valence-electron chi connectivity index (χ3n) is 6.15. The van der Waals surface area contributed by atoms with Gasteiger partial charge in [-0.15, -0.1) is 0 Å². The molecule has 32 heavy (non-hydrogen) atoms. The van der Waals surface area contributed by atoms with Crippen molar-refractivity contribution in [2.45, 2.75) is 45.3 Å². The van der Waals surface area contributed by atoms with Crippen LogP contribution in [0.1, 0.15) is 58.8 Å². The standard InChI is InChI=1S/C22H25F3N4O3/c1-21(2)9-16-18(17(30)10-21)19(22(23,24)25)27-29(16)15-8-12(4-5-14(15)20(26)31)28(3)13-6-7-32-11-13/h4-5,8,13H,6-7,9-11H2,1-3H3,(H2,26,31)/t13-/m1/s1. The Kier molecular flexibility index (Phi) is 5.31. The molecular formula is C22H25F3N4O3. The highest BCUT2D eigenvalue weighted by Crippen LogP contribution is 2.42. The van der Waals surface area contributed by atoms with E-state index in [1.54, 1.807) is 12.1 Å². The Labute approximate surface area is 183 Å². The second-order valence-corrected chi connectivity index (χ2v) is 9.21. The van der Waals surface area contributed by atoms with Crippen LogP contribution in [0.5, 0.6) is 0 Å². The van der Waals surface area contributed by atoms with E-state index in [4.69, 9.17) is 10.5 Å². The fourth-order valence-electron chi connectivity index (χ4n) is 4.51. The summed E-state index contributed by atoms with van der Waals surface area (Å²) in [6.07, 6.45) is -3.82. The SMILES string of the molecule is CN(c1ccc(C(N)=O)c(-n2nc(C(F)(F)F)c3c2CC(C)(C)CC3=O)c1)[C@@H]1CCOC1. The number of halogens is 3. The Morgan fingerprint density at radius 1 is 1.31 bits per heavy atom. The van der Waals surface area contributed by atoms with E-state index in [-0.39, 0.29) is 35.8 Å². The van der Waals surface area contributed by atoms with E-state index in [9.17, 15) is 22.8 Å². The zero-order valence-electron chi connectivity index (χ0n) is 18.1. The van der Waals surface area contributed by atoms with Crippen molar-refractivity contribution in [3.63, 3.8) is 0 Å². The van der Waals surface area contributed by atoms with Gasteiger partial charge in [0.05, 0.1) is 35.2 Å². The number of hydrogen-bond donors (Lipinski definition) is 1. The number of hydrogen-bond acceptors (Lipinski definition) is 5. The van der Waals surface area contributed by atoms with Gasteiger partial charge in [-0.05, 0) is 36.5 Å². The average molecular weight is 450 g/mol. The van der Waals surface area contributed by atoms with Crippen LogP contribution < -0.4 is 10.6 Å². The minimum absolute atomic E-state index is 0.0120. The second kappa shape index (κ2) is 7.61. The highest BCUT2D eigenvalue weighted by molar-refractivity contribution is 6.01. The number of Topliss-reactive ketones (excluding diaryl/α,β-unsaturated/α-hetero) is 1. The average Bonchev–Trinajstić information content (AvgIpc) is 3.33. The summed E-state index contributed by atoms with van der Waals surface area (Å²) in [5, 5.41) is 3.81. The molecule has 2 heterocycles. The van der Waals surface area contributed by atoms with Crippen LogP contribution in [0, 0.1) is 5.41 Å². The number of anilines is 1. The summed E-state index contributed by atoms with van der Waals surface area (Å²) in [5.74, 6) is -1.40. The monoisotopic (exact) mass is 450 g/mol. The van der Waals surface area contributed by atoms with Crippen molar-refractivity contribution < 1.29 is 27.5 Å². The van der Waals surface area contributed by atoms with Gasteiger partial charge in [0.15, 0.2) is 11.5 Å². The molecular weight excluding hydrogens is 425 g/mol. The molecule has 7 nitrogen and oxygen atoms in total. The second-order valence-electron chi connectivity index (χ2n) is 9.21. The van der Waals surface area contributed by atoms with Crippen LogP contribution in [0.2, 0.25) is 0 Å². The van der Waals surface area contributed by atoms with Gasteiger partial charge in [-0.2, -0.15) is 18.3 Å². The van der Waals surface area contributed by atoms with Crippen molar-refractivity contribution in [2.24, 2.45) is 11.1 Å². The first-order valence-corrected chi connectivity index (χ1v) is 10.4. The number of amides is 1. The van der Waals surface area contributed by atoms with Gasteiger partial charge in [-0.1, -0.05) is 13.8 Å². The summed E-state index contributed by atoms with van der Waals surface area (Å²) in [6, 6.07) is 4.87. The van der Waals surface area contributed by atoms with Crippen LogP contribution in [0.4, 0.5) is 18.9 Å². The lowest BCUT2D eigenvalue weighted by molar-refractivity contribution is -0.141. The van der Waals surface area contributed by atoms with Gasteiger partial charge in [-0.25, -0.2) is 4.68 Å². The first-order chi connectivity index (χ1) is 14.9. The molecule has 1 saturated heterocycles. The Hall–Kier alpha value is -2.88. The number of carbonyl (C=O) groups excluding carboxylic acids is 2. The number of ketones is 1. The number of primary amides is 1. The largest absolute Gasteiger partial charge is 0.435 e. The number of nitrogens with two attached hydrogens (primary N) is 1. The summed E-state index contributed by atoms with van der Waals surface area (Å²) < 4.78 is 47.9. The van der Waals surface area contributed by atoms with Crippen molar-refractivity contribution in [3.8, 4) is 5.69 Å². The maximum atomic E-state index is 13.8. The molecule has 2 aromatic rings. The highest BCUT2D eigenvalue weighted by atomic mass is 19.4. The van der Waals surface area contributed by atoms with Crippen molar-refractivity contribution in [2.75, 3.05) is 25.2 Å². The number of aromatic nitrogens is 2. The molecule has 1 atom stereocenters. The third kappa shape index (κ3) is 3.87. The molecule has 4 rings (SSSR count). The van der Waals surface area contributed by atoms with Crippen LogP contribution in [-0.4, -0.2) is 47.8 Å². The minimum atomic E-state index is -4.81. The predicted molar refractivity (Wildman–Crippen MR) is 111 cm³/mol. The Balaban J connectivity index is 1.93. The topological polar surface area (TPSA) is 90.5 Å². The number of nitrogens with zero attached hydrogens (tertiary/aromatic N) is 3. The van der Waals surface area contributed by atoms with E-state index in [1.807, 2.05) is 25.8 Å². The molecule has 10 heteroatoms. The molecule has 1 aliphatic heterocycles. The van der Waals surface area contributed by atoms with E-state index in [0.717, 1.165) is 11.1 Å². The molecule has 0 saturated carbocycles. The summed E-state index contributed by atoms with van der Waals surface area (Å²) in [4.78, 5) is 26.8. The van der Waals surface area contributed by atoms with E-state index >= 15 is 0 Å².